The van der Waals surface area contributed by atoms with Crippen molar-refractivity contribution in [2.75, 3.05) is 47.0 Å². The van der Waals surface area contributed by atoms with Crippen LogP contribution < -0.4 is 29.0 Å². The second-order valence-corrected chi connectivity index (χ2v) is 21.1. The van der Waals surface area contributed by atoms with Crippen molar-refractivity contribution in [3.63, 3.8) is 0 Å². The Morgan fingerprint density at radius 2 is 1.59 bits per heavy atom. The summed E-state index contributed by atoms with van der Waals surface area (Å²) >= 11 is 1.52. The average Bonchev–Trinajstić information content (AvgIpc) is 3.83. The second-order valence-electron chi connectivity index (χ2n) is 20.0. The quantitative estimate of drug-likeness (QED) is 0.0663. The Morgan fingerprint density at radius 1 is 0.899 bits per heavy atom. The molecule has 69 heavy (non-hydrogen) atoms. The summed E-state index contributed by atoms with van der Waals surface area (Å²) in [5, 5.41) is 37.5. The monoisotopic (exact) mass is 966 g/mol. The van der Waals surface area contributed by atoms with Crippen LogP contribution in [0.5, 0.6) is 40.2 Å². The lowest BCUT2D eigenvalue weighted by atomic mass is 9.71. The fourth-order valence-electron chi connectivity index (χ4n) is 12.5. The number of aromatic hydroxyl groups is 2. The molecule has 10 rings (SSSR count). The Labute approximate surface area is 411 Å². The molecule has 7 atom stereocenters. The summed E-state index contributed by atoms with van der Waals surface area (Å²) in [6, 6.07) is 5.39. The largest absolute Gasteiger partial charge is 0.504 e. The Balaban J connectivity index is 1.11. The van der Waals surface area contributed by atoms with E-state index >= 15 is 4.79 Å². The molecule has 0 saturated carbocycles. The van der Waals surface area contributed by atoms with Crippen molar-refractivity contribution in [2.24, 2.45) is 0 Å². The van der Waals surface area contributed by atoms with E-state index in [-0.39, 0.29) is 54.8 Å². The SMILES string of the molecule is CCCCCCCCCCCCCCCC(=O)Oc1c(C)c2c(c3c1[C@H]1SC[C@]4(NCCc5cc(O)c(OC)cc54)C(=O)OC[C@@H]3N3C1[C@H]1c4c(cc(C)c(OC)c4O)C[C@@H]([C@@H]3C#N)N1C)OCO2. The van der Waals surface area contributed by atoms with E-state index in [1.165, 1.54) is 76.7 Å². The molecule has 7 heterocycles. The van der Waals surface area contributed by atoms with E-state index in [1.807, 2.05) is 20.9 Å². The maximum Gasteiger partial charge on any atom is 0.331 e. The molecule has 1 spiro atoms. The maximum atomic E-state index is 15.0. The number of hydrogen-bond donors (Lipinski definition) is 3. The number of unbranched alkanes of at least 4 members (excludes halogenated alkanes) is 12. The number of hydrogen-bond acceptors (Lipinski definition) is 15. The smallest absolute Gasteiger partial charge is 0.331 e. The molecule has 372 valence electrons. The summed E-state index contributed by atoms with van der Waals surface area (Å²) in [6.07, 6.45) is 16.9. The minimum absolute atomic E-state index is 0.0154. The van der Waals surface area contributed by atoms with Crippen molar-refractivity contribution in [3.05, 3.63) is 62.7 Å². The third-order valence-electron chi connectivity index (χ3n) is 15.9. The van der Waals surface area contributed by atoms with Gasteiger partial charge in [0.1, 0.15) is 18.4 Å². The molecule has 3 aromatic rings. The van der Waals surface area contributed by atoms with Crippen molar-refractivity contribution in [3.8, 4) is 46.3 Å². The predicted molar refractivity (Wildman–Crippen MR) is 263 cm³/mol. The second kappa shape index (κ2) is 20.8. The summed E-state index contributed by atoms with van der Waals surface area (Å²) in [5.74, 6) is 1.33. The number of phenols is 2. The number of phenolic OH excluding ortho intramolecular Hbond substituents is 2. The minimum atomic E-state index is -1.37. The Kier molecular flexibility index (Phi) is 14.8. The van der Waals surface area contributed by atoms with Crippen LogP contribution in [0.3, 0.4) is 0 Å². The summed E-state index contributed by atoms with van der Waals surface area (Å²) in [6.45, 7) is 6.28. The van der Waals surface area contributed by atoms with Crippen LogP contribution in [0.25, 0.3) is 0 Å². The van der Waals surface area contributed by atoms with E-state index in [0.717, 1.165) is 47.1 Å². The first-order valence-electron chi connectivity index (χ1n) is 25.4. The van der Waals surface area contributed by atoms with Gasteiger partial charge in [0.2, 0.25) is 6.79 Å². The molecule has 14 nitrogen and oxygen atoms in total. The normalized spacial score (nSPS) is 25.5. The third kappa shape index (κ3) is 8.75. The van der Waals surface area contributed by atoms with E-state index in [2.05, 4.69) is 34.2 Å². The molecule has 2 fully saturated rings. The summed E-state index contributed by atoms with van der Waals surface area (Å²) in [5.41, 5.74) is 4.58. The molecule has 4 bridgehead atoms. The van der Waals surface area contributed by atoms with E-state index < -0.39 is 40.9 Å². The molecule has 0 aliphatic carbocycles. The lowest BCUT2D eigenvalue weighted by molar-refractivity contribution is -0.157. The molecule has 1 unspecified atom stereocenters. The van der Waals surface area contributed by atoms with Crippen LogP contribution in [0.15, 0.2) is 18.2 Å². The zero-order valence-corrected chi connectivity index (χ0v) is 42.1. The van der Waals surface area contributed by atoms with Crippen molar-refractivity contribution < 1.29 is 48.2 Å². The number of thioether (sulfide) groups is 1. The number of piperazine rings is 1. The van der Waals surface area contributed by atoms with Crippen LogP contribution in [-0.4, -0.2) is 97.0 Å². The van der Waals surface area contributed by atoms with E-state index in [4.69, 9.17) is 28.4 Å². The Hall–Kier alpha value is -4.88. The number of nitrogens with zero attached hydrogens (tertiary/aromatic N) is 3. The number of nitriles is 1. The highest BCUT2D eigenvalue weighted by atomic mass is 32.2. The van der Waals surface area contributed by atoms with Crippen molar-refractivity contribution in [1.82, 2.24) is 15.1 Å². The number of carbonyl (C=O) groups excluding carboxylic acids is 2. The van der Waals surface area contributed by atoms with Gasteiger partial charge in [-0.3, -0.25) is 19.9 Å². The number of nitrogens with one attached hydrogen (secondary N) is 1. The number of aryl methyl sites for hydroxylation is 1. The average molecular weight is 967 g/mol. The molecule has 0 aromatic heterocycles. The molecule has 2 saturated heterocycles. The standard InChI is InChI=1S/C54H70N4O10S/c1-7-8-9-10-11-12-13-14-15-16-17-18-19-20-41(60)68-49-32(3)50-51(67-30-66-50)43-38-28-65-53(62)54(35-26-40(63-5)39(59)25-33(35)21-22-56-54)29-69-52(44(43)49)46-45-42-34(23-31(2)48(64-6)47(42)61)24-36(57(45)4)37(27-55)58(38)46/h23,25-26,36-38,45-46,52,56,59,61H,7-22,24,28-30H2,1-6H3/t36-,37-,38-,45+,46?,52+,54+/m0/s1. The van der Waals surface area contributed by atoms with Gasteiger partial charge in [-0.15, -0.1) is 11.8 Å². The van der Waals surface area contributed by atoms with Crippen LogP contribution in [0.2, 0.25) is 0 Å². The lowest BCUT2D eigenvalue weighted by Crippen LogP contribution is -2.69. The van der Waals surface area contributed by atoms with Gasteiger partial charge in [-0.1, -0.05) is 90.0 Å². The van der Waals surface area contributed by atoms with Gasteiger partial charge in [-0.2, -0.15) is 5.26 Å². The highest BCUT2D eigenvalue weighted by Crippen LogP contribution is 2.64. The topological polar surface area (TPSA) is 172 Å². The van der Waals surface area contributed by atoms with Crippen molar-refractivity contribution >= 4 is 23.7 Å². The molecule has 3 N–H and O–H groups in total. The van der Waals surface area contributed by atoms with Crippen LogP contribution >= 0.6 is 11.8 Å². The minimum Gasteiger partial charge on any atom is -0.504 e. The maximum absolute atomic E-state index is 15.0. The zero-order chi connectivity index (χ0) is 48.6. The molecule has 7 aliphatic rings. The number of methoxy groups -OCH3 is 2. The molecule has 0 radical (unpaired) electrons. The lowest BCUT2D eigenvalue weighted by Gasteiger charge is -2.62. The summed E-state index contributed by atoms with van der Waals surface area (Å²) < 4.78 is 37.2. The van der Waals surface area contributed by atoms with Gasteiger partial charge in [0.15, 0.2) is 40.0 Å². The number of carbonyl (C=O) groups is 2. The van der Waals surface area contributed by atoms with Crippen LogP contribution in [0, 0.1) is 25.2 Å². The molecule has 3 aromatic carbocycles. The van der Waals surface area contributed by atoms with E-state index in [1.54, 1.807) is 19.2 Å². The predicted octanol–water partition coefficient (Wildman–Crippen LogP) is 9.45. The first kappa shape index (κ1) is 49.1. The number of ether oxygens (including phenoxy) is 6. The van der Waals surface area contributed by atoms with Crippen LogP contribution in [-0.2, 0) is 32.7 Å². The zero-order valence-electron chi connectivity index (χ0n) is 41.2. The third-order valence-corrected chi connectivity index (χ3v) is 17.4. The highest BCUT2D eigenvalue weighted by Gasteiger charge is 2.62. The molecule has 15 heteroatoms. The first-order chi connectivity index (χ1) is 33.5. The van der Waals surface area contributed by atoms with Crippen molar-refractivity contribution in [2.45, 2.75) is 165 Å². The van der Waals surface area contributed by atoms with E-state index in [0.29, 0.717) is 65.5 Å². The van der Waals surface area contributed by atoms with Gasteiger partial charge >= 0.3 is 11.9 Å². The van der Waals surface area contributed by atoms with Crippen LogP contribution in [0.4, 0.5) is 0 Å². The van der Waals surface area contributed by atoms with Gasteiger partial charge in [0, 0.05) is 53.1 Å². The summed E-state index contributed by atoms with van der Waals surface area (Å²) in [4.78, 5) is 33.7. The molecular weight excluding hydrogens is 897 g/mol. The number of benzene rings is 3. The van der Waals surface area contributed by atoms with Gasteiger partial charge in [-0.25, -0.2) is 4.79 Å². The van der Waals surface area contributed by atoms with Gasteiger partial charge in [-0.05, 0) is 74.5 Å². The summed E-state index contributed by atoms with van der Waals surface area (Å²) in [7, 11) is 5.06. The highest BCUT2D eigenvalue weighted by molar-refractivity contribution is 7.99. The molecule has 7 aliphatic heterocycles. The fraction of sp³-hybridized carbons (Fsp3) is 0.611. The fourth-order valence-corrected chi connectivity index (χ4v) is 14.2. The van der Waals surface area contributed by atoms with Crippen molar-refractivity contribution in [1.29, 1.82) is 5.26 Å². The van der Waals surface area contributed by atoms with Crippen LogP contribution in [0.1, 0.15) is 159 Å². The van der Waals surface area contributed by atoms with Gasteiger partial charge in [0.05, 0.1) is 37.6 Å². The van der Waals surface area contributed by atoms with Gasteiger partial charge in [0.25, 0.3) is 0 Å². The number of fused-ring (bicyclic) bond motifs is 9. The number of rotatable bonds is 17. The first-order valence-corrected chi connectivity index (χ1v) is 26.4. The number of likely N-dealkylation sites (N-methyl/N-ethyl adjacent to an activating group) is 1. The Morgan fingerprint density at radius 3 is 2.28 bits per heavy atom. The molecular formula is C54H70N4O10S. The van der Waals surface area contributed by atoms with Gasteiger partial charge < -0.3 is 38.6 Å². The Bertz CT molecular complexity index is 2480. The number of esters is 2. The molecule has 0 amide bonds. The van der Waals surface area contributed by atoms with E-state index in [9.17, 15) is 20.3 Å².